The van der Waals surface area contributed by atoms with Gasteiger partial charge in [-0.1, -0.05) is 65.7 Å². The molecular formula is C20H19NO2S. The minimum atomic E-state index is -3.68. The van der Waals surface area contributed by atoms with Crippen molar-refractivity contribution in [3.63, 3.8) is 0 Å². The first-order valence-electron chi connectivity index (χ1n) is 7.65. The van der Waals surface area contributed by atoms with Crippen LogP contribution < -0.4 is 5.14 Å². The number of sulfonamides is 1. The van der Waals surface area contributed by atoms with E-state index in [1.807, 2.05) is 18.2 Å². The van der Waals surface area contributed by atoms with E-state index in [4.69, 9.17) is 5.14 Å². The van der Waals surface area contributed by atoms with Crippen LogP contribution in [0.5, 0.6) is 0 Å². The largest absolute Gasteiger partial charge is 0.238 e. The van der Waals surface area contributed by atoms with Crippen molar-refractivity contribution in [2.24, 2.45) is 5.14 Å². The first-order chi connectivity index (χ1) is 11.3. The lowest BCUT2D eigenvalue weighted by molar-refractivity contribution is 0.598. The lowest BCUT2D eigenvalue weighted by Crippen LogP contribution is -2.11. The summed E-state index contributed by atoms with van der Waals surface area (Å²) in [4.78, 5) is 0.120. The van der Waals surface area contributed by atoms with E-state index in [1.165, 1.54) is 11.1 Å². The number of primary sulfonamides is 1. The van der Waals surface area contributed by atoms with Gasteiger partial charge in [0, 0.05) is 0 Å². The number of aryl methyl sites for hydroxylation is 2. The predicted octanol–water partition coefficient (Wildman–Crippen LogP) is 4.28. The van der Waals surface area contributed by atoms with Gasteiger partial charge in [-0.05, 0) is 48.2 Å². The van der Waals surface area contributed by atoms with E-state index >= 15 is 0 Å². The van der Waals surface area contributed by atoms with E-state index in [1.54, 1.807) is 24.3 Å². The highest BCUT2D eigenvalue weighted by Gasteiger charge is 2.10. The summed E-state index contributed by atoms with van der Waals surface area (Å²) in [5.74, 6) is 0. The van der Waals surface area contributed by atoms with Crippen LogP contribution in [0.4, 0.5) is 0 Å². The fourth-order valence-electron chi connectivity index (χ4n) is 2.94. The Morgan fingerprint density at radius 2 is 1.21 bits per heavy atom. The molecule has 0 aliphatic rings. The van der Waals surface area contributed by atoms with Crippen LogP contribution in [0.3, 0.4) is 0 Å². The summed E-state index contributed by atoms with van der Waals surface area (Å²) >= 11 is 0. The maximum Gasteiger partial charge on any atom is 0.238 e. The Labute approximate surface area is 142 Å². The highest BCUT2D eigenvalue weighted by molar-refractivity contribution is 7.89. The molecule has 0 fully saturated rings. The molecule has 4 heteroatoms. The molecule has 0 aliphatic heterocycles. The molecule has 0 saturated heterocycles. The molecule has 3 nitrogen and oxygen atoms in total. The summed E-state index contributed by atoms with van der Waals surface area (Å²) in [5.41, 5.74) is 6.71. The number of benzene rings is 3. The van der Waals surface area contributed by atoms with Gasteiger partial charge in [-0.25, -0.2) is 13.6 Å². The van der Waals surface area contributed by atoms with Crippen LogP contribution in [-0.4, -0.2) is 8.42 Å². The van der Waals surface area contributed by atoms with Crippen LogP contribution in [-0.2, 0) is 10.0 Å². The van der Waals surface area contributed by atoms with Crippen molar-refractivity contribution >= 4 is 10.0 Å². The molecule has 0 saturated carbocycles. The third-order valence-corrected chi connectivity index (χ3v) is 4.88. The number of rotatable bonds is 3. The van der Waals surface area contributed by atoms with Crippen LogP contribution >= 0.6 is 0 Å². The average molecular weight is 337 g/mol. The van der Waals surface area contributed by atoms with Gasteiger partial charge in [0.25, 0.3) is 0 Å². The molecule has 0 aliphatic carbocycles. The minimum Gasteiger partial charge on any atom is -0.225 e. The monoisotopic (exact) mass is 337 g/mol. The van der Waals surface area contributed by atoms with Crippen LogP contribution in [0, 0.1) is 13.8 Å². The van der Waals surface area contributed by atoms with E-state index in [0.29, 0.717) is 0 Å². The second-order valence-corrected chi connectivity index (χ2v) is 7.55. The minimum absolute atomic E-state index is 0.120. The first kappa shape index (κ1) is 16.4. The fourth-order valence-corrected chi connectivity index (χ4v) is 3.46. The van der Waals surface area contributed by atoms with Gasteiger partial charge in [0.2, 0.25) is 10.0 Å². The number of nitrogens with two attached hydrogens (primary N) is 1. The number of hydrogen-bond acceptors (Lipinski definition) is 2. The molecule has 2 N–H and O–H groups in total. The summed E-state index contributed by atoms with van der Waals surface area (Å²) in [6.45, 7) is 4.17. The van der Waals surface area contributed by atoms with E-state index in [0.717, 1.165) is 22.3 Å². The van der Waals surface area contributed by atoms with Crippen molar-refractivity contribution in [3.8, 4) is 22.3 Å². The maximum absolute atomic E-state index is 11.4. The quantitative estimate of drug-likeness (QED) is 0.775. The molecule has 3 aromatic rings. The van der Waals surface area contributed by atoms with Crippen molar-refractivity contribution in [1.82, 2.24) is 0 Å². The maximum atomic E-state index is 11.4. The van der Waals surface area contributed by atoms with Gasteiger partial charge in [-0.2, -0.15) is 0 Å². The highest BCUT2D eigenvalue weighted by Crippen LogP contribution is 2.33. The normalized spacial score (nSPS) is 11.5. The highest BCUT2D eigenvalue weighted by atomic mass is 32.2. The standard InChI is InChI=1S/C20H19NO2S/c1-14-11-15(2)13-17(12-14)20-6-4-3-5-19(20)16-7-9-18(10-8-16)24(21,22)23/h3-13H,1-2H3,(H2,21,22,23). The molecule has 0 heterocycles. The Kier molecular flexibility index (Phi) is 4.26. The summed E-state index contributed by atoms with van der Waals surface area (Å²) < 4.78 is 22.8. The molecule has 3 aromatic carbocycles. The van der Waals surface area contributed by atoms with E-state index in [-0.39, 0.29) is 4.90 Å². The third kappa shape index (κ3) is 3.40. The molecule has 0 unspecified atom stereocenters. The van der Waals surface area contributed by atoms with Gasteiger partial charge >= 0.3 is 0 Å². The Morgan fingerprint density at radius 3 is 1.71 bits per heavy atom. The van der Waals surface area contributed by atoms with Crippen LogP contribution in [0.2, 0.25) is 0 Å². The van der Waals surface area contributed by atoms with E-state index in [2.05, 4.69) is 38.1 Å². The molecule has 0 amide bonds. The van der Waals surface area contributed by atoms with Crippen LogP contribution in [0.15, 0.2) is 71.6 Å². The SMILES string of the molecule is Cc1cc(C)cc(-c2ccccc2-c2ccc(S(N)(=O)=O)cc2)c1. The smallest absolute Gasteiger partial charge is 0.225 e. The van der Waals surface area contributed by atoms with Gasteiger partial charge in [0.15, 0.2) is 0 Å². The van der Waals surface area contributed by atoms with Crippen molar-refractivity contribution < 1.29 is 8.42 Å². The van der Waals surface area contributed by atoms with Gasteiger partial charge < -0.3 is 0 Å². The average Bonchev–Trinajstić information content (AvgIpc) is 2.53. The van der Waals surface area contributed by atoms with Crippen LogP contribution in [0.1, 0.15) is 11.1 Å². The lowest BCUT2D eigenvalue weighted by atomic mass is 9.93. The van der Waals surface area contributed by atoms with E-state index < -0.39 is 10.0 Å². The second-order valence-electron chi connectivity index (χ2n) is 5.99. The molecule has 0 aromatic heterocycles. The Balaban J connectivity index is 2.13. The molecule has 24 heavy (non-hydrogen) atoms. The molecule has 122 valence electrons. The number of hydrogen-bond donors (Lipinski definition) is 1. The van der Waals surface area contributed by atoms with Crippen molar-refractivity contribution in [2.45, 2.75) is 18.7 Å². The molecule has 0 atom stereocenters. The predicted molar refractivity (Wildman–Crippen MR) is 98.2 cm³/mol. The summed E-state index contributed by atoms with van der Waals surface area (Å²) in [5, 5.41) is 5.17. The summed E-state index contributed by atoms with van der Waals surface area (Å²) in [7, 11) is -3.68. The van der Waals surface area contributed by atoms with Gasteiger partial charge in [-0.3, -0.25) is 0 Å². The van der Waals surface area contributed by atoms with E-state index in [9.17, 15) is 8.42 Å². The third-order valence-electron chi connectivity index (χ3n) is 3.95. The molecule has 0 bridgehead atoms. The summed E-state index contributed by atoms with van der Waals surface area (Å²) in [6, 6.07) is 21.2. The van der Waals surface area contributed by atoms with Crippen LogP contribution in [0.25, 0.3) is 22.3 Å². The second kappa shape index (κ2) is 6.23. The Morgan fingerprint density at radius 1 is 0.708 bits per heavy atom. The zero-order valence-electron chi connectivity index (χ0n) is 13.7. The zero-order chi connectivity index (χ0) is 17.3. The topological polar surface area (TPSA) is 60.2 Å². The van der Waals surface area contributed by atoms with Gasteiger partial charge in [-0.15, -0.1) is 0 Å². The fraction of sp³-hybridized carbons (Fsp3) is 0.100. The molecule has 3 rings (SSSR count). The van der Waals surface area contributed by atoms with Gasteiger partial charge in [0.05, 0.1) is 4.90 Å². The summed E-state index contributed by atoms with van der Waals surface area (Å²) in [6.07, 6.45) is 0. The first-order valence-corrected chi connectivity index (χ1v) is 9.20. The Bertz CT molecular complexity index is 970. The Hall–Kier alpha value is -2.43. The van der Waals surface area contributed by atoms with Crippen molar-refractivity contribution in [2.75, 3.05) is 0 Å². The van der Waals surface area contributed by atoms with Crippen molar-refractivity contribution in [3.05, 3.63) is 77.9 Å². The lowest BCUT2D eigenvalue weighted by Gasteiger charge is -2.12. The van der Waals surface area contributed by atoms with Crippen molar-refractivity contribution in [1.29, 1.82) is 0 Å². The molecule has 0 spiro atoms. The molecular weight excluding hydrogens is 318 g/mol. The molecule has 0 radical (unpaired) electrons. The van der Waals surface area contributed by atoms with Gasteiger partial charge in [0.1, 0.15) is 0 Å². The zero-order valence-corrected chi connectivity index (χ0v) is 14.5.